The Balaban J connectivity index is 1.82. The van der Waals surface area contributed by atoms with E-state index in [0.717, 1.165) is 36.6 Å². The zero-order chi connectivity index (χ0) is 11.2. The van der Waals surface area contributed by atoms with Crippen molar-refractivity contribution >= 4 is 10.9 Å². The molecule has 1 heterocycles. The molecule has 0 aliphatic heterocycles. The minimum absolute atomic E-state index is 0.111. The van der Waals surface area contributed by atoms with Crippen LogP contribution in [0.5, 0.6) is 5.75 Å². The van der Waals surface area contributed by atoms with Crippen LogP contribution >= 0.6 is 0 Å². The molecule has 1 aliphatic rings. The Morgan fingerprint density at radius 1 is 1.31 bits per heavy atom. The van der Waals surface area contributed by atoms with Gasteiger partial charge in [0.15, 0.2) is 0 Å². The van der Waals surface area contributed by atoms with Crippen molar-refractivity contribution in [3.8, 4) is 5.75 Å². The highest BCUT2D eigenvalue weighted by molar-refractivity contribution is 5.81. The summed E-state index contributed by atoms with van der Waals surface area (Å²) in [6, 6.07) is 7.49. The summed E-state index contributed by atoms with van der Waals surface area (Å²) >= 11 is 0. The van der Waals surface area contributed by atoms with Gasteiger partial charge in [0.05, 0.1) is 0 Å². The van der Waals surface area contributed by atoms with Gasteiger partial charge in [-0.15, -0.1) is 0 Å². The summed E-state index contributed by atoms with van der Waals surface area (Å²) in [5, 5.41) is 10.4. The van der Waals surface area contributed by atoms with E-state index in [1.54, 1.807) is 12.1 Å². The number of nitrogens with one attached hydrogen (secondary N) is 1. The topological polar surface area (TPSA) is 62.0 Å². The van der Waals surface area contributed by atoms with Gasteiger partial charge in [-0.25, -0.2) is 0 Å². The molecule has 16 heavy (non-hydrogen) atoms. The fourth-order valence-corrected chi connectivity index (χ4v) is 2.11. The van der Waals surface area contributed by atoms with Crippen LogP contribution in [0.25, 0.3) is 10.9 Å². The number of rotatable bonds is 3. The van der Waals surface area contributed by atoms with E-state index >= 15 is 0 Å². The van der Waals surface area contributed by atoms with Crippen LogP contribution in [0.2, 0.25) is 0 Å². The fourth-order valence-electron chi connectivity index (χ4n) is 2.11. The van der Waals surface area contributed by atoms with Gasteiger partial charge in [-0.3, -0.25) is 0 Å². The number of benzene rings is 1. The first-order chi connectivity index (χ1) is 7.65. The molecule has 4 N–H and O–H groups in total. The van der Waals surface area contributed by atoms with E-state index in [9.17, 15) is 5.11 Å². The van der Waals surface area contributed by atoms with Gasteiger partial charge < -0.3 is 15.8 Å². The largest absolute Gasteiger partial charge is 0.508 e. The van der Waals surface area contributed by atoms with Crippen molar-refractivity contribution in [1.29, 1.82) is 0 Å². The Bertz CT molecular complexity index is 526. The van der Waals surface area contributed by atoms with E-state index in [1.807, 2.05) is 6.07 Å². The Morgan fingerprint density at radius 3 is 2.88 bits per heavy atom. The lowest BCUT2D eigenvalue weighted by molar-refractivity contribution is 0.476. The number of nitrogens with two attached hydrogens (primary N) is 1. The van der Waals surface area contributed by atoms with Crippen molar-refractivity contribution in [1.82, 2.24) is 4.98 Å². The van der Waals surface area contributed by atoms with Gasteiger partial charge in [-0.1, -0.05) is 0 Å². The maximum atomic E-state index is 9.37. The van der Waals surface area contributed by atoms with E-state index in [2.05, 4.69) is 11.1 Å². The quantitative estimate of drug-likeness (QED) is 0.737. The minimum atomic E-state index is 0.111. The average Bonchev–Trinajstić information content (AvgIpc) is 2.85. The Hall–Kier alpha value is -1.48. The summed E-state index contributed by atoms with van der Waals surface area (Å²) < 4.78 is 0. The lowest BCUT2D eigenvalue weighted by atomic mass is 10.1. The predicted octanol–water partition coefficient (Wildman–Crippen LogP) is 2.30. The Morgan fingerprint density at radius 2 is 2.12 bits per heavy atom. The molecule has 0 atom stereocenters. The van der Waals surface area contributed by atoms with Gasteiger partial charge in [-0.2, -0.15) is 0 Å². The van der Waals surface area contributed by atoms with Crippen molar-refractivity contribution in [3.63, 3.8) is 0 Å². The van der Waals surface area contributed by atoms with Crippen molar-refractivity contribution in [3.05, 3.63) is 30.0 Å². The van der Waals surface area contributed by atoms with Crippen LogP contribution in [0.3, 0.4) is 0 Å². The highest BCUT2D eigenvalue weighted by atomic mass is 16.3. The molecule has 0 spiro atoms. The van der Waals surface area contributed by atoms with Crippen LogP contribution in [0, 0.1) is 0 Å². The SMILES string of the molecule is NC1(CCc2cc3cc(O)ccc3[nH]2)CC1. The molecule has 1 saturated carbocycles. The van der Waals surface area contributed by atoms with E-state index in [-0.39, 0.29) is 5.54 Å². The predicted molar refractivity (Wildman–Crippen MR) is 64.4 cm³/mol. The monoisotopic (exact) mass is 216 g/mol. The standard InChI is InChI=1S/C13H16N2O/c14-13(5-6-13)4-3-10-7-9-8-11(16)1-2-12(9)15-10/h1-2,7-8,15-16H,3-6,14H2. The number of aromatic nitrogens is 1. The van der Waals surface area contributed by atoms with Crippen LogP contribution in [-0.2, 0) is 6.42 Å². The maximum Gasteiger partial charge on any atom is 0.116 e. The molecule has 0 amide bonds. The smallest absolute Gasteiger partial charge is 0.116 e. The summed E-state index contributed by atoms with van der Waals surface area (Å²) in [5.74, 6) is 0.315. The highest BCUT2D eigenvalue weighted by Crippen LogP contribution is 2.36. The third-order valence-corrected chi connectivity index (χ3v) is 3.44. The first kappa shape index (κ1) is 9.73. The first-order valence-corrected chi connectivity index (χ1v) is 5.74. The molecule has 1 aromatic heterocycles. The van der Waals surface area contributed by atoms with E-state index in [0.29, 0.717) is 5.75 Å². The van der Waals surface area contributed by atoms with Crippen molar-refractivity contribution < 1.29 is 5.11 Å². The molecule has 3 heteroatoms. The molecule has 0 radical (unpaired) electrons. The summed E-state index contributed by atoms with van der Waals surface area (Å²) in [7, 11) is 0. The molecule has 1 fully saturated rings. The van der Waals surface area contributed by atoms with Crippen LogP contribution in [-0.4, -0.2) is 15.6 Å². The summed E-state index contributed by atoms with van der Waals surface area (Å²) in [6.45, 7) is 0. The number of aromatic hydroxyl groups is 1. The second kappa shape index (κ2) is 3.25. The zero-order valence-corrected chi connectivity index (χ0v) is 9.16. The molecule has 84 valence electrons. The summed E-state index contributed by atoms with van der Waals surface area (Å²) in [4.78, 5) is 3.36. The van der Waals surface area contributed by atoms with E-state index in [1.165, 1.54) is 5.69 Å². The number of aryl methyl sites for hydroxylation is 1. The maximum absolute atomic E-state index is 9.37. The molecule has 0 bridgehead atoms. The molecule has 3 rings (SSSR count). The van der Waals surface area contributed by atoms with Crippen molar-refractivity contribution in [2.24, 2.45) is 5.73 Å². The summed E-state index contributed by atoms with van der Waals surface area (Å²) in [5.41, 5.74) is 8.45. The van der Waals surface area contributed by atoms with Crippen molar-refractivity contribution in [2.45, 2.75) is 31.2 Å². The van der Waals surface area contributed by atoms with Gasteiger partial charge >= 0.3 is 0 Å². The number of fused-ring (bicyclic) bond motifs is 1. The number of phenolic OH excluding ortho intramolecular Hbond substituents is 1. The zero-order valence-electron chi connectivity index (χ0n) is 9.16. The molecule has 2 aromatic rings. The highest BCUT2D eigenvalue weighted by Gasteiger charge is 2.37. The van der Waals surface area contributed by atoms with Crippen LogP contribution in [0.15, 0.2) is 24.3 Å². The third-order valence-electron chi connectivity index (χ3n) is 3.44. The molecular formula is C13H16N2O. The summed E-state index contributed by atoms with van der Waals surface area (Å²) in [6.07, 6.45) is 4.36. The van der Waals surface area contributed by atoms with Gasteiger partial charge in [0.2, 0.25) is 0 Å². The van der Waals surface area contributed by atoms with Gasteiger partial charge in [0.25, 0.3) is 0 Å². The average molecular weight is 216 g/mol. The molecule has 0 unspecified atom stereocenters. The second-order valence-electron chi connectivity index (χ2n) is 4.93. The van der Waals surface area contributed by atoms with E-state index < -0.39 is 0 Å². The number of phenols is 1. The van der Waals surface area contributed by atoms with Crippen molar-refractivity contribution in [2.75, 3.05) is 0 Å². The van der Waals surface area contributed by atoms with Gasteiger partial charge in [0, 0.05) is 22.1 Å². The lowest BCUT2D eigenvalue weighted by Gasteiger charge is -2.05. The Kier molecular flexibility index (Phi) is 1.98. The number of hydrogen-bond acceptors (Lipinski definition) is 2. The fraction of sp³-hybridized carbons (Fsp3) is 0.385. The van der Waals surface area contributed by atoms with Crippen LogP contribution < -0.4 is 5.73 Å². The number of H-pyrrole nitrogens is 1. The molecule has 1 aliphatic carbocycles. The third kappa shape index (κ3) is 1.78. The lowest BCUT2D eigenvalue weighted by Crippen LogP contribution is -2.22. The molecule has 3 nitrogen and oxygen atoms in total. The van der Waals surface area contributed by atoms with Crippen LogP contribution in [0.1, 0.15) is 25.0 Å². The van der Waals surface area contributed by atoms with Crippen LogP contribution in [0.4, 0.5) is 0 Å². The van der Waals surface area contributed by atoms with E-state index in [4.69, 9.17) is 5.73 Å². The normalized spacial score (nSPS) is 17.8. The number of aromatic amines is 1. The number of hydrogen-bond donors (Lipinski definition) is 3. The van der Waals surface area contributed by atoms with Gasteiger partial charge in [0.1, 0.15) is 5.75 Å². The minimum Gasteiger partial charge on any atom is -0.508 e. The first-order valence-electron chi connectivity index (χ1n) is 5.74. The molecule has 0 saturated heterocycles. The second-order valence-corrected chi connectivity index (χ2v) is 4.93. The van der Waals surface area contributed by atoms with Gasteiger partial charge in [-0.05, 0) is 49.9 Å². The molecule has 1 aromatic carbocycles. The Labute approximate surface area is 94.3 Å². The molecular weight excluding hydrogens is 200 g/mol.